The summed E-state index contributed by atoms with van der Waals surface area (Å²) in [5.41, 5.74) is 6.34. The number of hydrogen-bond acceptors (Lipinski definition) is 2. The Morgan fingerprint density at radius 3 is 2.58 bits per heavy atom. The van der Waals surface area contributed by atoms with E-state index in [1.807, 2.05) is 0 Å². The van der Waals surface area contributed by atoms with E-state index in [9.17, 15) is 9.18 Å². The molecule has 0 aliphatic carbocycles. The third-order valence-corrected chi connectivity index (χ3v) is 3.56. The third-order valence-electron chi connectivity index (χ3n) is 2.41. The molecule has 3 N–H and O–H groups in total. The zero-order valence-corrected chi connectivity index (χ0v) is 12.8. The molecule has 0 atom stereocenters. The van der Waals surface area contributed by atoms with Crippen LogP contribution in [0.1, 0.15) is 10.4 Å². The van der Waals surface area contributed by atoms with Crippen LogP contribution in [0, 0.1) is 5.82 Å². The van der Waals surface area contributed by atoms with E-state index in [1.165, 1.54) is 18.2 Å². The van der Waals surface area contributed by atoms with Gasteiger partial charge in [-0.3, -0.25) is 4.79 Å². The molecule has 0 aliphatic rings. The second-order valence-electron chi connectivity index (χ2n) is 3.82. The fourth-order valence-electron chi connectivity index (χ4n) is 1.50. The molecule has 6 heteroatoms. The number of halogens is 3. The van der Waals surface area contributed by atoms with Gasteiger partial charge in [0.2, 0.25) is 0 Å². The molecule has 0 unspecified atom stereocenters. The quantitative estimate of drug-likeness (QED) is 0.759. The van der Waals surface area contributed by atoms with Crippen LogP contribution in [-0.2, 0) is 0 Å². The summed E-state index contributed by atoms with van der Waals surface area (Å²) < 4.78 is 15.1. The van der Waals surface area contributed by atoms with Gasteiger partial charge >= 0.3 is 0 Å². The van der Waals surface area contributed by atoms with Crippen molar-refractivity contribution in [3.8, 4) is 0 Å². The van der Waals surface area contributed by atoms with Gasteiger partial charge in [-0.05, 0) is 52.3 Å². The van der Waals surface area contributed by atoms with Gasteiger partial charge in [-0.15, -0.1) is 0 Å². The lowest BCUT2D eigenvalue weighted by Gasteiger charge is -2.09. The summed E-state index contributed by atoms with van der Waals surface area (Å²) in [6.45, 7) is 0. The minimum atomic E-state index is -0.611. The number of nitrogens with one attached hydrogen (secondary N) is 1. The van der Waals surface area contributed by atoms with Crippen molar-refractivity contribution in [3.05, 3.63) is 56.7 Å². The highest BCUT2D eigenvalue weighted by molar-refractivity contribution is 9.11. The first kappa shape index (κ1) is 14.0. The Kier molecular flexibility index (Phi) is 4.21. The van der Waals surface area contributed by atoms with Crippen molar-refractivity contribution < 1.29 is 9.18 Å². The van der Waals surface area contributed by atoms with Crippen molar-refractivity contribution in [2.45, 2.75) is 0 Å². The highest BCUT2D eigenvalue weighted by atomic mass is 79.9. The maximum absolute atomic E-state index is 13.6. The van der Waals surface area contributed by atoms with Gasteiger partial charge in [0, 0.05) is 14.6 Å². The van der Waals surface area contributed by atoms with Crippen molar-refractivity contribution in [2.75, 3.05) is 11.1 Å². The van der Waals surface area contributed by atoms with Gasteiger partial charge in [-0.2, -0.15) is 0 Å². The van der Waals surface area contributed by atoms with Gasteiger partial charge in [-0.25, -0.2) is 4.39 Å². The zero-order chi connectivity index (χ0) is 14.0. The van der Waals surface area contributed by atoms with Gasteiger partial charge in [0.1, 0.15) is 5.82 Å². The van der Waals surface area contributed by atoms with Crippen LogP contribution < -0.4 is 11.1 Å². The number of hydrogen-bond donors (Lipinski definition) is 2. The molecule has 0 aromatic heterocycles. The topological polar surface area (TPSA) is 55.1 Å². The Bertz CT molecular complexity index is 647. The second-order valence-corrected chi connectivity index (χ2v) is 5.59. The number of carbonyl (C=O) groups excluding carboxylic acids is 1. The standard InChI is InChI=1S/C13H9Br2FN2O/c14-7-1-4-12(10(15)5-7)18-13(19)9-6-8(17)2-3-11(9)16/h1-6H,17H2,(H,18,19). The molecule has 2 aromatic rings. The van der Waals surface area contributed by atoms with E-state index < -0.39 is 11.7 Å². The highest BCUT2D eigenvalue weighted by Crippen LogP contribution is 2.27. The molecular formula is C13H9Br2FN2O. The van der Waals surface area contributed by atoms with Crippen LogP contribution in [0.25, 0.3) is 0 Å². The predicted octanol–water partition coefficient (Wildman–Crippen LogP) is 4.19. The fraction of sp³-hybridized carbons (Fsp3) is 0. The second kappa shape index (κ2) is 5.71. The first-order valence-electron chi connectivity index (χ1n) is 5.29. The molecule has 0 bridgehead atoms. The third kappa shape index (κ3) is 3.33. The number of amides is 1. The van der Waals surface area contributed by atoms with E-state index in [1.54, 1.807) is 18.2 Å². The number of benzene rings is 2. The minimum absolute atomic E-state index is 0.0881. The van der Waals surface area contributed by atoms with Crippen LogP contribution in [-0.4, -0.2) is 5.91 Å². The Morgan fingerprint density at radius 1 is 1.16 bits per heavy atom. The molecule has 0 heterocycles. The van der Waals surface area contributed by atoms with E-state index in [2.05, 4.69) is 37.2 Å². The number of nitrogen functional groups attached to an aromatic ring is 1. The Hall–Kier alpha value is -1.40. The molecular weight excluding hydrogens is 379 g/mol. The van der Waals surface area contributed by atoms with Crippen LogP contribution in [0.3, 0.4) is 0 Å². The largest absolute Gasteiger partial charge is 0.399 e. The average molecular weight is 388 g/mol. The summed E-state index contributed by atoms with van der Waals surface area (Å²) >= 11 is 6.63. The van der Waals surface area contributed by atoms with Crippen molar-refractivity contribution >= 4 is 49.1 Å². The molecule has 1 amide bonds. The summed E-state index contributed by atoms with van der Waals surface area (Å²) in [5, 5.41) is 2.62. The number of anilines is 2. The Labute approximate surface area is 126 Å². The van der Waals surface area contributed by atoms with E-state index in [0.29, 0.717) is 15.8 Å². The molecule has 0 spiro atoms. The van der Waals surface area contributed by atoms with Crippen LogP contribution >= 0.6 is 31.9 Å². The predicted molar refractivity (Wildman–Crippen MR) is 80.6 cm³/mol. The number of rotatable bonds is 2. The van der Waals surface area contributed by atoms with Crippen molar-refractivity contribution in [2.24, 2.45) is 0 Å². The van der Waals surface area contributed by atoms with Crippen molar-refractivity contribution in [3.63, 3.8) is 0 Å². The first-order chi connectivity index (χ1) is 8.97. The van der Waals surface area contributed by atoms with Gasteiger partial charge < -0.3 is 11.1 Å². The maximum Gasteiger partial charge on any atom is 0.258 e. The van der Waals surface area contributed by atoms with E-state index in [0.717, 1.165) is 4.47 Å². The molecule has 0 saturated carbocycles. The normalized spacial score (nSPS) is 10.3. The summed E-state index contributed by atoms with van der Waals surface area (Å²) in [4.78, 5) is 12.0. The van der Waals surface area contributed by atoms with Crippen LogP contribution in [0.5, 0.6) is 0 Å². The summed E-state index contributed by atoms with van der Waals surface area (Å²) in [5.74, 6) is -1.16. The highest BCUT2D eigenvalue weighted by Gasteiger charge is 2.13. The number of nitrogens with two attached hydrogens (primary N) is 1. The van der Waals surface area contributed by atoms with Crippen LogP contribution in [0.2, 0.25) is 0 Å². The molecule has 0 aliphatic heterocycles. The summed E-state index contributed by atoms with van der Waals surface area (Å²) in [6.07, 6.45) is 0. The van der Waals surface area contributed by atoms with Gasteiger partial charge in [0.05, 0.1) is 11.3 Å². The maximum atomic E-state index is 13.6. The van der Waals surface area contributed by atoms with Crippen molar-refractivity contribution in [1.29, 1.82) is 0 Å². The smallest absolute Gasteiger partial charge is 0.258 e. The summed E-state index contributed by atoms with van der Waals surface area (Å²) in [7, 11) is 0. The fourth-order valence-corrected chi connectivity index (χ4v) is 2.64. The van der Waals surface area contributed by atoms with Crippen LogP contribution in [0.4, 0.5) is 15.8 Å². The monoisotopic (exact) mass is 386 g/mol. The molecule has 19 heavy (non-hydrogen) atoms. The van der Waals surface area contributed by atoms with Gasteiger partial charge in [0.25, 0.3) is 5.91 Å². The van der Waals surface area contributed by atoms with Crippen molar-refractivity contribution in [1.82, 2.24) is 0 Å². The lowest BCUT2D eigenvalue weighted by Crippen LogP contribution is -2.14. The average Bonchev–Trinajstić information content (AvgIpc) is 2.35. The minimum Gasteiger partial charge on any atom is -0.399 e. The van der Waals surface area contributed by atoms with E-state index >= 15 is 0 Å². The first-order valence-corrected chi connectivity index (χ1v) is 6.87. The number of carbonyl (C=O) groups is 1. The molecule has 98 valence electrons. The van der Waals surface area contributed by atoms with E-state index in [4.69, 9.17) is 5.73 Å². The molecule has 0 saturated heterocycles. The zero-order valence-electron chi connectivity index (χ0n) is 9.58. The molecule has 0 fully saturated rings. The van der Waals surface area contributed by atoms with Crippen LogP contribution in [0.15, 0.2) is 45.3 Å². The Balaban J connectivity index is 2.28. The Morgan fingerprint density at radius 2 is 1.89 bits per heavy atom. The van der Waals surface area contributed by atoms with Gasteiger partial charge in [-0.1, -0.05) is 15.9 Å². The SMILES string of the molecule is Nc1ccc(F)c(C(=O)Nc2ccc(Br)cc2Br)c1. The lowest BCUT2D eigenvalue weighted by molar-refractivity contribution is 0.102. The lowest BCUT2D eigenvalue weighted by atomic mass is 10.1. The molecule has 0 radical (unpaired) electrons. The van der Waals surface area contributed by atoms with Gasteiger partial charge in [0.15, 0.2) is 0 Å². The molecule has 3 nitrogen and oxygen atoms in total. The summed E-state index contributed by atoms with van der Waals surface area (Å²) in [6, 6.07) is 9.14. The molecule has 2 rings (SSSR count). The molecule has 2 aromatic carbocycles. The van der Waals surface area contributed by atoms with E-state index in [-0.39, 0.29) is 5.56 Å².